The van der Waals surface area contributed by atoms with Gasteiger partial charge in [0, 0.05) is 4.88 Å². The summed E-state index contributed by atoms with van der Waals surface area (Å²) in [6, 6.07) is 4.58. The van der Waals surface area contributed by atoms with E-state index in [1.807, 2.05) is 0 Å². The molecular weight excluding hydrogens is 342 g/mol. The molecule has 1 unspecified atom stereocenters. The number of hydrogen-bond acceptors (Lipinski definition) is 3. The lowest BCUT2D eigenvalue weighted by atomic mass is 9.97. The number of nitrogens with one attached hydrogen (secondary N) is 1. The van der Waals surface area contributed by atoms with Gasteiger partial charge >= 0.3 is 0 Å². The molecule has 0 bridgehead atoms. The first-order valence-electron chi connectivity index (χ1n) is 7.89. The Bertz CT molecular complexity index is 1020. The Hall–Kier alpha value is -1.84. The average Bonchev–Trinajstić information content (AvgIpc) is 2.94. The van der Waals surface area contributed by atoms with Gasteiger partial charge in [0.2, 0.25) is 0 Å². The van der Waals surface area contributed by atoms with Crippen molar-refractivity contribution in [1.29, 1.82) is 0 Å². The van der Waals surface area contributed by atoms with Crippen LogP contribution in [0.4, 0.5) is 4.39 Å². The summed E-state index contributed by atoms with van der Waals surface area (Å²) in [6.45, 7) is 0. The lowest BCUT2D eigenvalue weighted by molar-refractivity contribution is 0.628. The highest BCUT2D eigenvalue weighted by molar-refractivity contribution is 7.27. The van der Waals surface area contributed by atoms with Gasteiger partial charge in [-0.05, 0) is 60.3 Å². The molecule has 6 heteroatoms. The normalized spacial score (nSPS) is 14.4. The summed E-state index contributed by atoms with van der Waals surface area (Å²) in [6.07, 6.45) is 7.82. The van der Waals surface area contributed by atoms with Gasteiger partial charge in [-0.1, -0.05) is 12.1 Å². The summed E-state index contributed by atoms with van der Waals surface area (Å²) < 4.78 is 13.4. The topological polar surface area (TPSA) is 45.8 Å². The van der Waals surface area contributed by atoms with E-state index in [9.17, 15) is 9.18 Å². The molecule has 2 heterocycles. The molecule has 122 valence electrons. The molecule has 0 spiro atoms. The predicted molar refractivity (Wildman–Crippen MR) is 102 cm³/mol. The van der Waals surface area contributed by atoms with Gasteiger partial charge in [-0.2, -0.15) is 0 Å². The van der Waals surface area contributed by atoms with Crippen LogP contribution >= 0.6 is 20.6 Å². The Balaban J connectivity index is 1.76. The zero-order chi connectivity index (χ0) is 16.7. The van der Waals surface area contributed by atoms with Crippen molar-refractivity contribution in [1.82, 2.24) is 9.97 Å². The highest BCUT2D eigenvalue weighted by atomic mass is 32.1. The number of aromatic nitrogens is 2. The summed E-state index contributed by atoms with van der Waals surface area (Å²) in [7, 11) is 2.57. The molecule has 0 fully saturated rings. The van der Waals surface area contributed by atoms with Gasteiger partial charge in [-0.3, -0.25) is 4.79 Å². The number of aryl methyl sites for hydroxylation is 2. The largest absolute Gasteiger partial charge is 0.306 e. The van der Waals surface area contributed by atoms with Crippen LogP contribution in [-0.4, -0.2) is 9.97 Å². The first-order chi connectivity index (χ1) is 11.6. The molecular formula is C18H16FN2OPS. The quantitative estimate of drug-likeness (QED) is 0.711. The number of fused-ring (bicyclic) bond motifs is 3. The molecule has 4 rings (SSSR count). The molecule has 0 radical (unpaired) electrons. The van der Waals surface area contributed by atoms with Crippen LogP contribution in [0.1, 0.15) is 34.7 Å². The van der Waals surface area contributed by atoms with Crippen LogP contribution in [0.25, 0.3) is 22.4 Å². The van der Waals surface area contributed by atoms with Crippen LogP contribution in [0.5, 0.6) is 0 Å². The summed E-state index contributed by atoms with van der Waals surface area (Å²) >= 11 is 1.63. The fourth-order valence-corrected chi connectivity index (χ4v) is 4.66. The van der Waals surface area contributed by atoms with Crippen LogP contribution in [0.2, 0.25) is 0 Å². The van der Waals surface area contributed by atoms with Crippen molar-refractivity contribution in [3.8, 4) is 0 Å². The maximum atomic E-state index is 13.4. The molecule has 2 aromatic heterocycles. The summed E-state index contributed by atoms with van der Waals surface area (Å²) in [5.74, 6) is 0.212. The molecule has 1 aliphatic carbocycles. The van der Waals surface area contributed by atoms with E-state index >= 15 is 0 Å². The Morgan fingerprint density at radius 2 is 2.08 bits per heavy atom. The minimum Gasteiger partial charge on any atom is -0.306 e. The van der Waals surface area contributed by atoms with E-state index in [2.05, 4.69) is 19.2 Å². The first kappa shape index (κ1) is 15.7. The monoisotopic (exact) mass is 358 g/mol. The van der Waals surface area contributed by atoms with E-state index in [4.69, 9.17) is 0 Å². The van der Waals surface area contributed by atoms with Gasteiger partial charge in [0.25, 0.3) is 5.56 Å². The molecule has 0 aliphatic heterocycles. The second-order valence-corrected chi connectivity index (χ2v) is 7.65. The SMILES string of the molecule is O=c1[nH]c(/C=C/c2cc(F)ccc2P)nc2sc3c(c12)CCCC3. The number of benzene rings is 1. The van der Waals surface area contributed by atoms with Crippen molar-refractivity contribution in [2.45, 2.75) is 25.7 Å². The van der Waals surface area contributed by atoms with Crippen molar-refractivity contribution in [3.05, 3.63) is 56.2 Å². The molecule has 0 saturated carbocycles. The molecule has 1 aromatic carbocycles. The zero-order valence-corrected chi connectivity index (χ0v) is 14.9. The average molecular weight is 358 g/mol. The summed E-state index contributed by atoms with van der Waals surface area (Å²) in [5, 5.41) is 1.65. The molecule has 0 saturated heterocycles. The third kappa shape index (κ3) is 2.83. The number of thiophene rings is 1. The number of aromatic amines is 1. The first-order valence-corrected chi connectivity index (χ1v) is 9.29. The Morgan fingerprint density at radius 1 is 1.25 bits per heavy atom. The number of halogens is 1. The van der Waals surface area contributed by atoms with Crippen molar-refractivity contribution in [2.24, 2.45) is 0 Å². The lowest BCUT2D eigenvalue weighted by Gasteiger charge is -2.09. The van der Waals surface area contributed by atoms with Crippen molar-refractivity contribution >= 4 is 48.2 Å². The summed E-state index contributed by atoms with van der Waals surface area (Å²) in [4.78, 5) is 22.0. The maximum Gasteiger partial charge on any atom is 0.260 e. The van der Waals surface area contributed by atoms with Gasteiger partial charge in [0.05, 0.1) is 5.39 Å². The zero-order valence-electron chi connectivity index (χ0n) is 12.9. The minimum atomic E-state index is -0.288. The lowest BCUT2D eigenvalue weighted by Crippen LogP contribution is -2.11. The fourth-order valence-electron chi connectivity index (χ4n) is 3.12. The summed E-state index contributed by atoms with van der Waals surface area (Å²) in [5.41, 5.74) is 1.85. The van der Waals surface area contributed by atoms with Crippen molar-refractivity contribution in [2.75, 3.05) is 0 Å². The Labute approximate surface area is 144 Å². The van der Waals surface area contributed by atoms with Gasteiger partial charge in [0.15, 0.2) is 0 Å². The molecule has 0 amide bonds. The predicted octanol–water partition coefficient (Wildman–Crippen LogP) is 3.67. The van der Waals surface area contributed by atoms with E-state index in [-0.39, 0.29) is 11.4 Å². The van der Waals surface area contributed by atoms with E-state index in [1.165, 1.54) is 29.0 Å². The van der Waals surface area contributed by atoms with E-state index in [0.717, 1.165) is 40.3 Å². The number of H-pyrrole nitrogens is 1. The number of hydrogen-bond donors (Lipinski definition) is 1. The Morgan fingerprint density at radius 3 is 2.96 bits per heavy atom. The van der Waals surface area contributed by atoms with Crippen molar-refractivity contribution < 1.29 is 4.39 Å². The highest BCUT2D eigenvalue weighted by Gasteiger charge is 2.19. The standard InChI is InChI=1S/C18H16FN2OPS/c19-11-6-7-13(23)10(9-11)5-8-15-20-17(22)16-12-3-1-2-4-14(12)24-18(16)21-15/h5-9H,1-4,23H2,(H,20,21,22)/b8-5+. The van der Waals surface area contributed by atoms with Crippen LogP contribution < -0.4 is 10.9 Å². The van der Waals surface area contributed by atoms with Crippen LogP contribution in [0, 0.1) is 5.82 Å². The van der Waals surface area contributed by atoms with Crippen LogP contribution in [0.15, 0.2) is 23.0 Å². The number of nitrogens with zero attached hydrogens (tertiary/aromatic N) is 1. The molecule has 1 aliphatic rings. The van der Waals surface area contributed by atoms with E-state index in [1.54, 1.807) is 29.6 Å². The van der Waals surface area contributed by atoms with Gasteiger partial charge in [-0.15, -0.1) is 20.6 Å². The number of rotatable bonds is 2. The van der Waals surface area contributed by atoms with Gasteiger partial charge in [0.1, 0.15) is 16.5 Å². The van der Waals surface area contributed by atoms with Gasteiger partial charge < -0.3 is 4.98 Å². The van der Waals surface area contributed by atoms with E-state index < -0.39 is 0 Å². The maximum absolute atomic E-state index is 13.4. The minimum absolute atomic E-state index is 0.0793. The van der Waals surface area contributed by atoms with Crippen LogP contribution in [-0.2, 0) is 12.8 Å². The second kappa shape index (κ2) is 6.23. The second-order valence-electron chi connectivity index (χ2n) is 5.95. The molecule has 1 atom stereocenters. The van der Waals surface area contributed by atoms with Gasteiger partial charge in [-0.25, -0.2) is 9.37 Å². The third-order valence-electron chi connectivity index (χ3n) is 4.31. The Kier molecular flexibility index (Phi) is 4.07. The molecule has 1 N–H and O–H groups in total. The fraction of sp³-hybridized carbons (Fsp3) is 0.222. The third-order valence-corrected chi connectivity index (χ3v) is 6.02. The molecule has 3 aromatic rings. The highest BCUT2D eigenvalue weighted by Crippen LogP contribution is 2.33. The smallest absolute Gasteiger partial charge is 0.260 e. The molecule has 24 heavy (non-hydrogen) atoms. The molecule has 3 nitrogen and oxygen atoms in total. The van der Waals surface area contributed by atoms with Crippen LogP contribution in [0.3, 0.4) is 0 Å². The van der Waals surface area contributed by atoms with E-state index in [0.29, 0.717) is 5.82 Å². The van der Waals surface area contributed by atoms with Crippen molar-refractivity contribution in [3.63, 3.8) is 0 Å².